The van der Waals surface area contributed by atoms with Crippen LogP contribution in [0.4, 0.5) is 4.79 Å². The minimum absolute atomic E-state index is 0.264. The highest BCUT2D eigenvalue weighted by atomic mass is 16.2. The summed E-state index contributed by atoms with van der Waals surface area (Å²) in [5.41, 5.74) is 0. The van der Waals surface area contributed by atoms with E-state index in [2.05, 4.69) is 12.2 Å². The minimum Gasteiger partial charge on any atom is -0.323 e. The molecule has 86 valence electrons. The third-order valence-electron chi connectivity index (χ3n) is 3.20. The standard InChI is InChI=1S/C11H21N3O/c1-9(7-12-2)8-13-5-6-14(11(13)15)10-3-4-10/h9-10,12H,3-8H2,1-2H3. The van der Waals surface area contributed by atoms with Crippen LogP contribution in [-0.2, 0) is 0 Å². The molecule has 15 heavy (non-hydrogen) atoms. The summed E-state index contributed by atoms with van der Waals surface area (Å²) in [6, 6.07) is 0.836. The number of hydrogen-bond acceptors (Lipinski definition) is 2. The lowest BCUT2D eigenvalue weighted by molar-refractivity contribution is 0.185. The van der Waals surface area contributed by atoms with Crippen LogP contribution in [0.15, 0.2) is 0 Å². The number of carbonyl (C=O) groups excluding carboxylic acids is 1. The van der Waals surface area contributed by atoms with Crippen molar-refractivity contribution < 1.29 is 4.79 Å². The number of nitrogens with zero attached hydrogens (tertiary/aromatic N) is 2. The molecule has 4 nitrogen and oxygen atoms in total. The molecule has 1 aliphatic heterocycles. The Hall–Kier alpha value is -0.770. The van der Waals surface area contributed by atoms with E-state index in [4.69, 9.17) is 0 Å². The van der Waals surface area contributed by atoms with Gasteiger partial charge in [-0.1, -0.05) is 6.92 Å². The number of amides is 2. The second-order valence-electron chi connectivity index (χ2n) is 4.82. The summed E-state index contributed by atoms with van der Waals surface area (Å²) in [6.45, 7) is 5.92. The van der Waals surface area contributed by atoms with Gasteiger partial charge in [-0.25, -0.2) is 4.79 Å². The number of hydrogen-bond donors (Lipinski definition) is 1. The van der Waals surface area contributed by atoms with Crippen LogP contribution < -0.4 is 5.32 Å². The summed E-state index contributed by atoms with van der Waals surface area (Å²) in [4.78, 5) is 16.0. The van der Waals surface area contributed by atoms with Crippen LogP contribution in [0.2, 0.25) is 0 Å². The van der Waals surface area contributed by atoms with Gasteiger partial charge in [0.1, 0.15) is 0 Å². The zero-order valence-electron chi connectivity index (χ0n) is 9.70. The first kappa shape index (κ1) is 10.7. The fourth-order valence-electron chi connectivity index (χ4n) is 2.28. The Morgan fingerprint density at radius 2 is 2.20 bits per heavy atom. The van der Waals surface area contributed by atoms with E-state index in [1.807, 2.05) is 16.8 Å². The fraction of sp³-hybridized carbons (Fsp3) is 0.909. The first-order valence-electron chi connectivity index (χ1n) is 5.92. The van der Waals surface area contributed by atoms with Crippen molar-refractivity contribution in [2.24, 2.45) is 5.92 Å². The highest BCUT2D eigenvalue weighted by Crippen LogP contribution is 2.29. The van der Waals surface area contributed by atoms with Crippen LogP contribution in [0.5, 0.6) is 0 Å². The Balaban J connectivity index is 1.81. The lowest BCUT2D eigenvalue weighted by Crippen LogP contribution is -2.37. The van der Waals surface area contributed by atoms with Crippen molar-refractivity contribution >= 4 is 6.03 Å². The molecule has 0 radical (unpaired) electrons. The average Bonchev–Trinajstić information content (AvgIpc) is 2.96. The predicted molar refractivity (Wildman–Crippen MR) is 59.8 cm³/mol. The number of rotatable bonds is 5. The molecular formula is C11H21N3O. The summed E-state index contributed by atoms with van der Waals surface area (Å²) in [6.07, 6.45) is 2.43. The van der Waals surface area contributed by atoms with Crippen molar-refractivity contribution in [1.29, 1.82) is 0 Å². The molecule has 1 saturated carbocycles. The second kappa shape index (κ2) is 4.39. The van der Waals surface area contributed by atoms with E-state index in [1.54, 1.807) is 0 Å². The maximum absolute atomic E-state index is 12.0. The van der Waals surface area contributed by atoms with Gasteiger partial charge in [0.2, 0.25) is 0 Å². The van der Waals surface area contributed by atoms with E-state index >= 15 is 0 Å². The molecule has 0 aromatic rings. The van der Waals surface area contributed by atoms with Crippen LogP contribution >= 0.6 is 0 Å². The van der Waals surface area contributed by atoms with Gasteiger partial charge in [0.15, 0.2) is 0 Å². The Labute approximate surface area is 91.6 Å². The summed E-state index contributed by atoms with van der Waals surface area (Å²) in [7, 11) is 1.96. The Bertz CT molecular complexity index is 240. The van der Waals surface area contributed by atoms with Crippen molar-refractivity contribution in [3.8, 4) is 0 Å². The van der Waals surface area contributed by atoms with E-state index in [9.17, 15) is 4.79 Å². The van der Waals surface area contributed by atoms with Crippen molar-refractivity contribution in [3.05, 3.63) is 0 Å². The molecule has 2 amide bonds. The number of carbonyl (C=O) groups is 1. The van der Waals surface area contributed by atoms with E-state index in [0.717, 1.165) is 26.2 Å². The number of urea groups is 1. The first-order chi connectivity index (χ1) is 7.22. The summed E-state index contributed by atoms with van der Waals surface area (Å²) in [5, 5.41) is 3.15. The van der Waals surface area contributed by atoms with Gasteiger partial charge in [0, 0.05) is 25.7 Å². The first-order valence-corrected chi connectivity index (χ1v) is 5.92. The SMILES string of the molecule is CNCC(C)CN1CCN(C2CC2)C1=O. The molecule has 1 aliphatic carbocycles. The van der Waals surface area contributed by atoms with Crippen molar-refractivity contribution in [2.45, 2.75) is 25.8 Å². The van der Waals surface area contributed by atoms with Gasteiger partial charge >= 0.3 is 6.03 Å². The molecule has 1 saturated heterocycles. The smallest absolute Gasteiger partial charge is 0.320 e. The highest BCUT2D eigenvalue weighted by molar-refractivity contribution is 5.77. The molecule has 1 heterocycles. The van der Waals surface area contributed by atoms with Gasteiger partial charge in [-0.05, 0) is 32.4 Å². The van der Waals surface area contributed by atoms with E-state index in [-0.39, 0.29) is 6.03 Å². The summed E-state index contributed by atoms with van der Waals surface area (Å²) in [5.74, 6) is 0.540. The molecule has 2 aliphatic rings. The van der Waals surface area contributed by atoms with Gasteiger partial charge < -0.3 is 15.1 Å². The Morgan fingerprint density at radius 1 is 1.47 bits per heavy atom. The molecule has 0 spiro atoms. The lowest BCUT2D eigenvalue weighted by Gasteiger charge is -2.21. The van der Waals surface area contributed by atoms with Crippen LogP contribution in [0.25, 0.3) is 0 Å². The molecular weight excluding hydrogens is 190 g/mol. The van der Waals surface area contributed by atoms with Crippen molar-refractivity contribution in [2.75, 3.05) is 33.2 Å². The molecule has 0 aromatic heterocycles. The zero-order valence-corrected chi connectivity index (χ0v) is 9.70. The fourth-order valence-corrected chi connectivity index (χ4v) is 2.28. The normalized spacial score (nSPS) is 23.7. The average molecular weight is 211 g/mol. The maximum Gasteiger partial charge on any atom is 0.320 e. The van der Waals surface area contributed by atoms with E-state index in [1.165, 1.54) is 12.8 Å². The van der Waals surface area contributed by atoms with Crippen molar-refractivity contribution in [3.63, 3.8) is 0 Å². The molecule has 1 unspecified atom stereocenters. The van der Waals surface area contributed by atoms with Gasteiger partial charge in [0.25, 0.3) is 0 Å². The third-order valence-corrected chi connectivity index (χ3v) is 3.20. The minimum atomic E-state index is 0.264. The summed E-state index contributed by atoms with van der Waals surface area (Å²) >= 11 is 0. The highest BCUT2D eigenvalue weighted by Gasteiger charge is 2.38. The molecule has 0 bridgehead atoms. The van der Waals surface area contributed by atoms with Crippen LogP contribution in [-0.4, -0.2) is 55.1 Å². The molecule has 1 N–H and O–H groups in total. The summed E-state index contributed by atoms with van der Waals surface area (Å²) < 4.78 is 0. The quantitative estimate of drug-likeness (QED) is 0.728. The van der Waals surface area contributed by atoms with Gasteiger partial charge in [0.05, 0.1) is 0 Å². The Morgan fingerprint density at radius 3 is 2.80 bits per heavy atom. The number of nitrogens with one attached hydrogen (secondary N) is 1. The molecule has 1 atom stereocenters. The van der Waals surface area contributed by atoms with Crippen LogP contribution in [0.1, 0.15) is 19.8 Å². The van der Waals surface area contributed by atoms with E-state index in [0.29, 0.717) is 12.0 Å². The molecule has 0 aromatic carbocycles. The molecule has 2 fully saturated rings. The zero-order chi connectivity index (χ0) is 10.8. The van der Waals surface area contributed by atoms with Gasteiger partial charge in [-0.2, -0.15) is 0 Å². The van der Waals surface area contributed by atoms with Crippen LogP contribution in [0.3, 0.4) is 0 Å². The van der Waals surface area contributed by atoms with Gasteiger partial charge in [-0.15, -0.1) is 0 Å². The molecule has 2 rings (SSSR count). The predicted octanol–water partition coefficient (Wildman–Crippen LogP) is 0.742. The maximum atomic E-state index is 12.0. The lowest BCUT2D eigenvalue weighted by atomic mass is 10.2. The van der Waals surface area contributed by atoms with Crippen molar-refractivity contribution in [1.82, 2.24) is 15.1 Å². The Kier molecular flexibility index (Phi) is 3.14. The molecule has 4 heteroatoms. The third kappa shape index (κ3) is 2.43. The van der Waals surface area contributed by atoms with E-state index < -0.39 is 0 Å². The topological polar surface area (TPSA) is 35.6 Å². The van der Waals surface area contributed by atoms with Gasteiger partial charge in [-0.3, -0.25) is 0 Å². The largest absolute Gasteiger partial charge is 0.323 e. The van der Waals surface area contributed by atoms with Crippen LogP contribution in [0, 0.1) is 5.92 Å². The monoisotopic (exact) mass is 211 g/mol. The second-order valence-corrected chi connectivity index (χ2v) is 4.82.